The molecule has 0 radical (unpaired) electrons. The Balaban J connectivity index is 1.59. The second-order valence-electron chi connectivity index (χ2n) is 5.70. The molecule has 1 aliphatic carbocycles. The highest BCUT2D eigenvalue weighted by Crippen LogP contribution is 2.56. The van der Waals surface area contributed by atoms with Gasteiger partial charge in [-0.2, -0.15) is 0 Å². The van der Waals surface area contributed by atoms with E-state index in [4.69, 9.17) is 11.6 Å². The molecular formula is C17H15ClN2O. The molecular weight excluding hydrogens is 284 g/mol. The summed E-state index contributed by atoms with van der Waals surface area (Å²) in [7, 11) is 0. The first-order valence-electron chi connectivity index (χ1n) is 7.13. The van der Waals surface area contributed by atoms with Crippen molar-refractivity contribution in [1.29, 1.82) is 0 Å². The van der Waals surface area contributed by atoms with Crippen LogP contribution in [-0.4, -0.2) is 9.97 Å². The Morgan fingerprint density at radius 1 is 1.05 bits per heavy atom. The molecule has 4 heteroatoms. The van der Waals surface area contributed by atoms with Crippen LogP contribution in [0.4, 0.5) is 0 Å². The number of alkyl halides is 1. The summed E-state index contributed by atoms with van der Waals surface area (Å²) in [4.78, 5) is 16.8. The number of aromatic amines is 2. The van der Waals surface area contributed by atoms with Gasteiger partial charge in [-0.1, -0.05) is 36.4 Å². The summed E-state index contributed by atoms with van der Waals surface area (Å²) in [5.74, 6) is 1.02. The van der Waals surface area contributed by atoms with Crippen LogP contribution >= 0.6 is 11.6 Å². The van der Waals surface area contributed by atoms with Crippen molar-refractivity contribution < 1.29 is 0 Å². The molecule has 21 heavy (non-hydrogen) atoms. The third-order valence-corrected chi connectivity index (χ3v) is 4.88. The molecule has 3 aromatic rings. The SMILES string of the molecule is O=c1[nH]c2ccc(C(Cl)C3CC3c3ccccc3)cc2[nH]1. The van der Waals surface area contributed by atoms with E-state index in [2.05, 4.69) is 34.2 Å². The molecule has 2 aromatic carbocycles. The van der Waals surface area contributed by atoms with Crippen molar-refractivity contribution in [1.82, 2.24) is 9.97 Å². The van der Waals surface area contributed by atoms with Gasteiger partial charge in [0.2, 0.25) is 0 Å². The molecule has 3 atom stereocenters. The molecule has 3 unspecified atom stereocenters. The molecule has 0 saturated heterocycles. The topological polar surface area (TPSA) is 48.6 Å². The number of halogens is 1. The maximum Gasteiger partial charge on any atom is 0.323 e. The van der Waals surface area contributed by atoms with Crippen LogP contribution in [0.25, 0.3) is 11.0 Å². The summed E-state index contributed by atoms with van der Waals surface area (Å²) in [6, 6.07) is 16.4. The van der Waals surface area contributed by atoms with E-state index in [9.17, 15) is 4.79 Å². The highest BCUT2D eigenvalue weighted by Gasteiger charge is 2.43. The Labute approximate surface area is 127 Å². The maximum atomic E-state index is 11.3. The lowest BCUT2D eigenvalue weighted by molar-refractivity contribution is 0.765. The lowest BCUT2D eigenvalue weighted by Gasteiger charge is -2.10. The molecule has 1 saturated carbocycles. The number of benzene rings is 2. The van der Waals surface area contributed by atoms with Crippen molar-refractivity contribution in [2.45, 2.75) is 17.7 Å². The average molecular weight is 299 g/mol. The molecule has 0 amide bonds. The van der Waals surface area contributed by atoms with Crippen molar-refractivity contribution in [3.05, 3.63) is 70.1 Å². The number of aromatic nitrogens is 2. The molecule has 0 aliphatic heterocycles. The van der Waals surface area contributed by atoms with E-state index in [0.717, 1.165) is 23.0 Å². The molecule has 2 N–H and O–H groups in total. The second kappa shape index (κ2) is 4.78. The zero-order chi connectivity index (χ0) is 14.4. The highest BCUT2D eigenvalue weighted by molar-refractivity contribution is 6.21. The van der Waals surface area contributed by atoms with E-state index in [0.29, 0.717) is 11.8 Å². The quantitative estimate of drug-likeness (QED) is 0.707. The Bertz CT molecular complexity index is 837. The zero-order valence-corrected chi connectivity index (χ0v) is 12.1. The van der Waals surface area contributed by atoms with Gasteiger partial charge in [0.25, 0.3) is 0 Å². The average Bonchev–Trinajstić information content (AvgIpc) is 3.22. The zero-order valence-electron chi connectivity index (χ0n) is 11.3. The van der Waals surface area contributed by atoms with Crippen LogP contribution in [0.2, 0.25) is 0 Å². The van der Waals surface area contributed by atoms with E-state index in [-0.39, 0.29) is 11.1 Å². The van der Waals surface area contributed by atoms with E-state index >= 15 is 0 Å². The number of nitrogens with one attached hydrogen (secondary N) is 2. The molecule has 1 aliphatic rings. The molecule has 0 spiro atoms. The molecule has 1 heterocycles. The molecule has 4 rings (SSSR count). The Morgan fingerprint density at radius 2 is 1.81 bits per heavy atom. The number of fused-ring (bicyclic) bond motifs is 1. The van der Waals surface area contributed by atoms with E-state index in [1.54, 1.807) is 0 Å². The van der Waals surface area contributed by atoms with Gasteiger partial charge < -0.3 is 9.97 Å². The van der Waals surface area contributed by atoms with Crippen molar-refractivity contribution in [2.75, 3.05) is 0 Å². The summed E-state index contributed by atoms with van der Waals surface area (Å²) in [6.07, 6.45) is 1.12. The van der Waals surface area contributed by atoms with Gasteiger partial charge in [-0.25, -0.2) is 4.79 Å². The van der Waals surface area contributed by atoms with Crippen molar-refractivity contribution >= 4 is 22.6 Å². The van der Waals surface area contributed by atoms with E-state index < -0.39 is 0 Å². The number of imidazole rings is 1. The fraction of sp³-hybridized carbons (Fsp3) is 0.235. The first kappa shape index (κ1) is 12.7. The van der Waals surface area contributed by atoms with Crippen LogP contribution in [0.15, 0.2) is 53.3 Å². The van der Waals surface area contributed by atoms with Crippen LogP contribution in [0.5, 0.6) is 0 Å². The lowest BCUT2D eigenvalue weighted by atomic mass is 10.0. The molecule has 1 aromatic heterocycles. The summed E-state index contributed by atoms with van der Waals surface area (Å²) in [6.45, 7) is 0. The summed E-state index contributed by atoms with van der Waals surface area (Å²) < 4.78 is 0. The highest BCUT2D eigenvalue weighted by atomic mass is 35.5. The molecule has 1 fully saturated rings. The van der Waals surface area contributed by atoms with Crippen molar-refractivity contribution in [3.8, 4) is 0 Å². The number of hydrogen-bond donors (Lipinski definition) is 2. The monoisotopic (exact) mass is 298 g/mol. The van der Waals surface area contributed by atoms with Crippen LogP contribution in [0, 0.1) is 5.92 Å². The van der Waals surface area contributed by atoms with Crippen molar-refractivity contribution in [2.24, 2.45) is 5.92 Å². The van der Waals surface area contributed by atoms with Gasteiger partial charge in [-0.05, 0) is 41.5 Å². The fourth-order valence-corrected chi connectivity index (χ4v) is 3.50. The largest absolute Gasteiger partial charge is 0.323 e. The maximum absolute atomic E-state index is 11.3. The minimum absolute atomic E-state index is 0.0157. The Kier molecular flexibility index (Phi) is 2.89. The van der Waals surface area contributed by atoms with Gasteiger partial charge in [0.05, 0.1) is 16.4 Å². The summed E-state index contributed by atoms with van der Waals surface area (Å²) in [5.41, 5.74) is 3.90. The van der Waals surface area contributed by atoms with Gasteiger partial charge >= 0.3 is 5.69 Å². The third kappa shape index (κ3) is 2.28. The predicted molar refractivity (Wildman–Crippen MR) is 84.8 cm³/mol. The first-order valence-corrected chi connectivity index (χ1v) is 7.57. The number of hydrogen-bond acceptors (Lipinski definition) is 1. The standard InChI is InChI=1S/C17H15ClN2O/c18-16(13-9-12(13)10-4-2-1-3-5-10)11-6-7-14-15(8-11)20-17(21)19-14/h1-8,12-13,16H,9H2,(H2,19,20,21). The van der Waals surface area contributed by atoms with Gasteiger partial charge in [-0.15, -0.1) is 11.6 Å². The van der Waals surface area contributed by atoms with Gasteiger partial charge in [0, 0.05) is 0 Å². The van der Waals surface area contributed by atoms with Crippen LogP contribution in [-0.2, 0) is 0 Å². The summed E-state index contributed by atoms with van der Waals surface area (Å²) in [5, 5.41) is -0.0157. The third-order valence-electron chi connectivity index (χ3n) is 4.30. The number of H-pyrrole nitrogens is 2. The smallest absolute Gasteiger partial charge is 0.306 e. The lowest BCUT2D eigenvalue weighted by Crippen LogP contribution is -1.99. The van der Waals surface area contributed by atoms with Gasteiger partial charge in [-0.3, -0.25) is 0 Å². The van der Waals surface area contributed by atoms with Gasteiger partial charge in [0.15, 0.2) is 0 Å². The summed E-state index contributed by atoms with van der Waals surface area (Å²) >= 11 is 6.65. The van der Waals surface area contributed by atoms with Crippen molar-refractivity contribution in [3.63, 3.8) is 0 Å². The molecule has 0 bridgehead atoms. The van der Waals surface area contributed by atoms with Crippen LogP contribution < -0.4 is 5.69 Å². The first-order chi connectivity index (χ1) is 10.2. The minimum Gasteiger partial charge on any atom is -0.306 e. The number of rotatable bonds is 3. The molecule has 3 nitrogen and oxygen atoms in total. The Hall–Kier alpha value is -2.00. The Morgan fingerprint density at radius 3 is 2.62 bits per heavy atom. The molecule has 106 valence electrons. The van der Waals surface area contributed by atoms with E-state index in [1.807, 2.05) is 24.3 Å². The fourth-order valence-electron chi connectivity index (χ4n) is 3.09. The van der Waals surface area contributed by atoms with E-state index in [1.165, 1.54) is 5.56 Å². The van der Waals surface area contributed by atoms with Gasteiger partial charge in [0.1, 0.15) is 0 Å². The second-order valence-corrected chi connectivity index (χ2v) is 6.17. The van der Waals surface area contributed by atoms with Crippen LogP contribution in [0.3, 0.4) is 0 Å². The predicted octanol–water partition coefficient (Wildman–Crippen LogP) is 3.94. The van der Waals surface area contributed by atoms with Crippen LogP contribution in [0.1, 0.15) is 28.8 Å². The minimum atomic E-state index is -0.179. The normalized spacial score (nSPS) is 22.3.